The lowest BCUT2D eigenvalue weighted by atomic mass is 10.3. The molecule has 1 saturated carbocycles. The largest absolute Gasteiger partial charge is 0.439 e. The Morgan fingerprint density at radius 3 is 2.80 bits per heavy atom. The summed E-state index contributed by atoms with van der Waals surface area (Å²) in [5.74, 6) is 2.15. The molecule has 0 unspecified atom stereocenters. The van der Waals surface area contributed by atoms with Gasteiger partial charge in [0.15, 0.2) is 0 Å². The fourth-order valence-corrected chi connectivity index (χ4v) is 2.00. The number of benzene rings is 1. The maximum Gasteiger partial charge on any atom is 0.254 e. The molecule has 1 aromatic carbocycles. The first-order valence-corrected chi connectivity index (χ1v) is 6.68. The lowest BCUT2D eigenvalue weighted by molar-refractivity contribution is 0.457. The quantitative estimate of drug-likeness (QED) is 0.928. The minimum atomic E-state index is -0.166. The number of H-pyrrole nitrogens is 1. The molecule has 0 aliphatic heterocycles. The van der Waals surface area contributed by atoms with Crippen LogP contribution in [-0.4, -0.2) is 24.1 Å². The summed E-state index contributed by atoms with van der Waals surface area (Å²) in [6.45, 7) is 0. The Labute approximate surface area is 117 Å². The SMILES string of the molecule is CN(C)c1cccc(Oc2cc(=O)[nH]c(C3CC3)n2)c1. The average Bonchev–Trinajstić information content (AvgIpc) is 3.22. The number of hydrogen-bond acceptors (Lipinski definition) is 4. The maximum atomic E-state index is 11.6. The van der Waals surface area contributed by atoms with Gasteiger partial charge < -0.3 is 14.6 Å². The first kappa shape index (κ1) is 12.7. The lowest BCUT2D eigenvalue weighted by Gasteiger charge is -2.13. The van der Waals surface area contributed by atoms with E-state index < -0.39 is 0 Å². The third-order valence-electron chi connectivity index (χ3n) is 3.26. The third-order valence-corrected chi connectivity index (χ3v) is 3.26. The van der Waals surface area contributed by atoms with Crippen LogP contribution in [0.1, 0.15) is 24.6 Å². The first-order chi connectivity index (χ1) is 9.61. The summed E-state index contributed by atoms with van der Waals surface area (Å²) in [6, 6.07) is 9.06. The molecule has 0 saturated heterocycles. The van der Waals surface area contributed by atoms with E-state index in [4.69, 9.17) is 4.74 Å². The Kier molecular flexibility index (Phi) is 3.18. The highest BCUT2D eigenvalue weighted by Crippen LogP contribution is 2.38. The van der Waals surface area contributed by atoms with Crippen LogP contribution in [0.3, 0.4) is 0 Å². The van der Waals surface area contributed by atoms with Gasteiger partial charge in [-0.15, -0.1) is 0 Å². The zero-order valence-electron chi connectivity index (χ0n) is 11.6. The van der Waals surface area contributed by atoms with Crippen molar-refractivity contribution in [2.75, 3.05) is 19.0 Å². The van der Waals surface area contributed by atoms with Gasteiger partial charge in [-0.05, 0) is 25.0 Å². The van der Waals surface area contributed by atoms with Crippen molar-refractivity contribution in [3.8, 4) is 11.6 Å². The molecule has 1 fully saturated rings. The van der Waals surface area contributed by atoms with Crippen LogP contribution in [0, 0.1) is 0 Å². The molecule has 5 heteroatoms. The molecule has 1 heterocycles. The highest BCUT2D eigenvalue weighted by molar-refractivity contribution is 5.50. The summed E-state index contributed by atoms with van der Waals surface area (Å²) in [4.78, 5) is 20.8. The molecule has 0 atom stereocenters. The molecule has 5 nitrogen and oxygen atoms in total. The van der Waals surface area contributed by atoms with Crippen LogP contribution in [0.4, 0.5) is 5.69 Å². The van der Waals surface area contributed by atoms with Crippen LogP contribution in [0.2, 0.25) is 0 Å². The van der Waals surface area contributed by atoms with Gasteiger partial charge in [-0.2, -0.15) is 4.98 Å². The summed E-state index contributed by atoms with van der Waals surface area (Å²) in [6.07, 6.45) is 2.17. The molecular formula is C15H17N3O2. The Bertz CT molecular complexity index is 675. The van der Waals surface area contributed by atoms with Crippen LogP contribution in [-0.2, 0) is 0 Å². The van der Waals surface area contributed by atoms with E-state index in [2.05, 4.69) is 9.97 Å². The highest BCUT2D eigenvalue weighted by atomic mass is 16.5. The Morgan fingerprint density at radius 2 is 2.10 bits per heavy atom. The number of nitrogens with zero attached hydrogens (tertiary/aromatic N) is 2. The van der Waals surface area contributed by atoms with Gasteiger partial charge in [0.1, 0.15) is 11.6 Å². The molecule has 0 bridgehead atoms. The predicted molar refractivity (Wildman–Crippen MR) is 77.7 cm³/mol. The van der Waals surface area contributed by atoms with Gasteiger partial charge in [-0.25, -0.2) is 0 Å². The normalized spacial score (nSPS) is 14.1. The van der Waals surface area contributed by atoms with Gasteiger partial charge in [0.05, 0.1) is 6.07 Å². The second-order valence-corrected chi connectivity index (χ2v) is 5.24. The van der Waals surface area contributed by atoms with E-state index in [0.29, 0.717) is 17.5 Å². The minimum absolute atomic E-state index is 0.166. The molecule has 1 aliphatic rings. The Balaban J connectivity index is 1.87. The molecule has 1 aliphatic carbocycles. The molecule has 2 aromatic rings. The van der Waals surface area contributed by atoms with Crippen LogP contribution in [0.15, 0.2) is 35.1 Å². The number of aromatic nitrogens is 2. The topological polar surface area (TPSA) is 58.2 Å². The van der Waals surface area contributed by atoms with Crippen molar-refractivity contribution in [3.63, 3.8) is 0 Å². The Hall–Kier alpha value is -2.30. The number of ether oxygens (including phenoxy) is 1. The van der Waals surface area contributed by atoms with Crippen molar-refractivity contribution in [2.24, 2.45) is 0 Å². The second-order valence-electron chi connectivity index (χ2n) is 5.24. The predicted octanol–water partition coefficient (Wildman–Crippen LogP) is 2.51. The molecule has 0 spiro atoms. The lowest BCUT2D eigenvalue weighted by Crippen LogP contribution is -2.10. The van der Waals surface area contributed by atoms with Crippen molar-refractivity contribution in [1.82, 2.24) is 9.97 Å². The van der Waals surface area contributed by atoms with Crippen molar-refractivity contribution in [3.05, 3.63) is 46.5 Å². The van der Waals surface area contributed by atoms with Crippen LogP contribution in [0.5, 0.6) is 11.6 Å². The third kappa shape index (κ3) is 2.82. The van der Waals surface area contributed by atoms with Crippen LogP contribution >= 0.6 is 0 Å². The van der Waals surface area contributed by atoms with Crippen LogP contribution < -0.4 is 15.2 Å². The molecular weight excluding hydrogens is 254 g/mol. The van der Waals surface area contributed by atoms with Gasteiger partial charge in [-0.1, -0.05) is 6.07 Å². The van der Waals surface area contributed by atoms with Gasteiger partial charge in [-0.3, -0.25) is 4.79 Å². The molecule has 0 radical (unpaired) electrons. The summed E-state index contributed by atoms with van der Waals surface area (Å²) in [5, 5.41) is 0. The molecule has 20 heavy (non-hydrogen) atoms. The summed E-state index contributed by atoms with van der Waals surface area (Å²) in [7, 11) is 3.94. The van der Waals surface area contributed by atoms with E-state index in [9.17, 15) is 4.79 Å². The molecule has 104 valence electrons. The van der Waals surface area contributed by atoms with E-state index in [1.165, 1.54) is 6.07 Å². The molecule has 1 N–H and O–H groups in total. The van der Waals surface area contributed by atoms with Gasteiger partial charge >= 0.3 is 0 Å². The highest BCUT2D eigenvalue weighted by Gasteiger charge is 2.26. The summed E-state index contributed by atoms with van der Waals surface area (Å²) >= 11 is 0. The van der Waals surface area contributed by atoms with E-state index in [1.54, 1.807) is 0 Å². The standard InChI is InChI=1S/C15H17N3O2/c1-18(2)11-4-3-5-12(8-11)20-14-9-13(19)16-15(17-14)10-6-7-10/h3-5,8-10H,6-7H2,1-2H3,(H,16,17,19). The number of anilines is 1. The number of rotatable bonds is 4. The summed E-state index contributed by atoms with van der Waals surface area (Å²) in [5.41, 5.74) is 0.871. The van der Waals surface area contributed by atoms with E-state index in [0.717, 1.165) is 24.4 Å². The minimum Gasteiger partial charge on any atom is -0.439 e. The van der Waals surface area contributed by atoms with Crippen LogP contribution in [0.25, 0.3) is 0 Å². The monoisotopic (exact) mass is 271 g/mol. The molecule has 0 amide bonds. The molecule has 1 aromatic heterocycles. The Morgan fingerprint density at radius 1 is 1.30 bits per heavy atom. The smallest absolute Gasteiger partial charge is 0.254 e. The number of aromatic amines is 1. The fraction of sp³-hybridized carbons (Fsp3) is 0.333. The van der Waals surface area contributed by atoms with E-state index in [-0.39, 0.29) is 5.56 Å². The van der Waals surface area contributed by atoms with Crippen molar-refractivity contribution in [2.45, 2.75) is 18.8 Å². The number of hydrogen-bond donors (Lipinski definition) is 1. The zero-order valence-corrected chi connectivity index (χ0v) is 11.6. The first-order valence-electron chi connectivity index (χ1n) is 6.68. The van der Waals surface area contributed by atoms with Gasteiger partial charge in [0, 0.05) is 31.8 Å². The molecule has 3 rings (SSSR count). The average molecular weight is 271 g/mol. The van der Waals surface area contributed by atoms with Crippen molar-refractivity contribution >= 4 is 5.69 Å². The van der Waals surface area contributed by atoms with E-state index in [1.807, 2.05) is 43.3 Å². The zero-order chi connectivity index (χ0) is 14.1. The fourth-order valence-electron chi connectivity index (χ4n) is 2.00. The van der Waals surface area contributed by atoms with Crippen molar-refractivity contribution < 1.29 is 4.74 Å². The van der Waals surface area contributed by atoms with E-state index >= 15 is 0 Å². The summed E-state index contributed by atoms with van der Waals surface area (Å²) < 4.78 is 5.71. The van der Waals surface area contributed by atoms with Gasteiger partial charge in [0.25, 0.3) is 5.56 Å². The maximum absolute atomic E-state index is 11.6. The number of nitrogens with one attached hydrogen (secondary N) is 1. The second kappa shape index (κ2) is 5.00. The van der Waals surface area contributed by atoms with Gasteiger partial charge in [0.2, 0.25) is 5.88 Å². The van der Waals surface area contributed by atoms with Crippen molar-refractivity contribution in [1.29, 1.82) is 0 Å².